The summed E-state index contributed by atoms with van der Waals surface area (Å²) in [4.78, 5) is 28.5. The fraction of sp³-hybridized carbons (Fsp3) is 0.292. The van der Waals surface area contributed by atoms with Crippen LogP contribution in [0.3, 0.4) is 0 Å². The number of nitro groups is 1. The summed E-state index contributed by atoms with van der Waals surface area (Å²) in [6.07, 6.45) is 0. The van der Waals surface area contributed by atoms with E-state index in [1.165, 1.54) is 28.5 Å². The maximum absolute atomic E-state index is 12.9. The first-order chi connectivity index (χ1) is 15.5. The molecule has 0 aliphatic carbocycles. The number of benzene rings is 2. The molecular formula is C24H25N3O4S. The average molecular weight is 452 g/mol. The van der Waals surface area contributed by atoms with Crippen LogP contribution in [0.5, 0.6) is 5.75 Å². The average Bonchev–Trinajstić information content (AvgIpc) is 3.28. The van der Waals surface area contributed by atoms with Crippen molar-refractivity contribution in [2.24, 2.45) is 0 Å². The summed E-state index contributed by atoms with van der Waals surface area (Å²) in [6.45, 7) is 6.30. The number of hydrogen-bond donors (Lipinski definition) is 0. The van der Waals surface area contributed by atoms with Crippen LogP contribution in [0, 0.1) is 17.0 Å². The normalized spacial score (nSPS) is 14.3. The zero-order valence-corrected chi connectivity index (χ0v) is 18.7. The molecule has 1 aliphatic rings. The minimum atomic E-state index is -0.462. The maximum Gasteiger partial charge on any atom is 0.310 e. The SMILES string of the molecule is Cc1ccccc1CN1CCN(C(=O)c2cc(COc3ccccc3[N+](=O)[O-])cs2)CC1. The predicted molar refractivity (Wildman–Crippen MR) is 124 cm³/mol. The van der Waals surface area contributed by atoms with Gasteiger partial charge in [0.2, 0.25) is 0 Å². The monoisotopic (exact) mass is 451 g/mol. The Morgan fingerprint density at radius 3 is 2.56 bits per heavy atom. The van der Waals surface area contributed by atoms with Crippen molar-refractivity contribution < 1.29 is 14.5 Å². The number of amides is 1. The second-order valence-corrected chi connectivity index (χ2v) is 8.74. The molecule has 8 heteroatoms. The van der Waals surface area contributed by atoms with Gasteiger partial charge in [-0.3, -0.25) is 19.8 Å². The highest BCUT2D eigenvalue weighted by molar-refractivity contribution is 7.12. The van der Waals surface area contributed by atoms with Crippen molar-refractivity contribution in [1.29, 1.82) is 0 Å². The number of hydrogen-bond acceptors (Lipinski definition) is 6. The highest BCUT2D eigenvalue weighted by Gasteiger charge is 2.23. The van der Waals surface area contributed by atoms with Crippen LogP contribution >= 0.6 is 11.3 Å². The fourth-order valence-corrected chi connectivity index (χ4v) is 4.61. The third-order valence-corrected chi connectivity index (χ3v) is 6.60. The molecule has 0 unspecified atom stereocenters. The Kier molecular flexibility index (Phi) is 6.82. The lowest BCUT2D eigenvalue weighted by molar-refractivity contribution is -0.385. The van der Waals surface area contributed by atoms with Crippen molar-refractivity contribution in [3.63, 3.8) is 0 Å². The van der Waals surface area contributed by atoms with Crippen LogP contribution in [0.15, 0.2) is 60.0 Å². The molecule has 0 atom stereocenters. The van der Waals surface area contributed by atoms with Gasteiger partial charge in [0.25, 0.3) is 5.91 Å². The number of thiophene rings is 1. The van der Waals surface area contributed by atoms with Crippen molar-refractivity contribution in [2.75, 3.05) is 26.2 Å². The summed E-state index contributed by atoms with van der Waals surface area (Å²) in [5.41, 5.74) is 3.38. The number of carbonyl (C=O) groups excluding carboxylic acids is 1. The zero-order valence-electron chi connectivity index (χ0n) is 17.9. The third-order valence-electron chi connectivity index (χ3n) is 5.64. The summed E-state index contributed by atoms with van der Waals surface area (Å²) >= 11 is 1.38. The van der Waals surface area contributed by atoms with Crippen molar-refractivity contribution in [1.82, 2.24) is 9.80 Å². The quantitative estimate of drug-likeness (QED) is 0.390. The van der Waals surface area contributed by atoms with Crippen molar-refractivity contribution in [2.45, 2.75) is 20.1 Å². The Morgan fingerprint density at radius 2 is 1.81 bits per heavy atom. The van der Waals surface area contributed by atoms with E-state index in [4.69, 9.17) is 4.74 Å². The Bertz CT molecular complexity index is 1110. The Morgan fingerprint density at radius 1 is 1.09 bits per heavy atom. The number of rotatable bonds is 7. The van der Waals surface area contributed by atoms with Gasteiger partial charge in [-0.25, -0.2) is 0 Å². The molecule has 32 heavy (non-hydrogen) atoms. The summed E-state index contributed by atoms with van der Waals surface area (Å²) in [5, 5.41) is 13.0. The van der Waals surface area contributed by atoms with E-state index in [1.807, 2.05) is 16.3 Å². The molecule has 1 saturated heterocycles. The summed E-state index contributed by atoms with van der Waals surface area (Å²) in [6, 6.07) is 16.5. The van der Waals surface area contributed by atoms with E-state index in [2.05, 4.69) is 36.1 Å². The van der Waals surface area contributed by atoms with E-state index < -0.39 is 4.92 Å². The van der Waals surface area contributed by atoms with E-state index >= 15 is 0 Å². The van der Waals surface area contributed by atoms with Gasteiger partial charge < -0.3 is 9.64 Å². The van der Waals surface area contributed by atoms with Gasteiger partial charge in [0.1, 0.15) is 6.61 Å². The second-order valence-electron chi connectivity index (χ2n) is 7.83. The molecule has 0 spiro atoms. The van der Waals surface area contributed by atoms with E-state index in [1.54, 1.807) is 18.2 Å². The van der Waals surface area contributed by atoms with Gasteiger partial charge in [0, 0.05) is 44.4 Å². The smallest absolute Gasteiger partial charge is 0.310 e. The molecule has 0 saturated carbocycles. The Labute approximate surface area is 191 Å². The van der Waals surface area contributed by atoms with Crippen LogP contribution in [-0.4, -0.2) is 46.8 Å². The van der Waals surface area contributed by atoms with Gasteiger partial charge in [0.15, 0.2) is 5.75 Å². The van der Waals surface area contributed by atoms with Crippen molar-refractivity contribution in [3.8, 4) is 5.75 Å². The number of ether oxygens (including phenoxy) is 1. The van der Waals surface area contributed by atoms with Crippen LogP contribution < -0.4 is 4.74 Å². The molecule has 4 rings (SSSR count). The van der Waals surface area contributed by atoms with Crippen LogP contribution in [0.1, 0.15) is 26.4 Å². The topological polar surface area (TPSA) is 75.9 Å². The Hall–Kier alpha value is -3.23. The lowest BCUT2D eigenvalue weighted by atomic mass is 10.1. The summed E-state index contributed by atoms with van der Waals surface area (Å²) < 4.78 is 5.64. The highest BCUT2D eigenvalue weighted by Crippen LogP contribution is 2.27. The molecule has 2 heterocycles. The summed E-state index contributed by atoms with van der Waals surface area (Å²) in [5.74, 6) is 0.254. The van der Waals surface area contributed by atoms with E-state index in [0.29, 0.717) is 18.0 Å². The van der Waals surface area contributed by atoms with Gasteiger partial charge in [-0.1, -0.05) is 36.4 Å². The molecule has 1 aliphatic heterocycles. The lowest BCUT2D eigenvalue weighted by Gasteiger charge is -2.34. The third kappa shape index (κ3) is 5.15. The van der Waals surface area contributed by atoms with Crippen LogP contribution in [0.2, 0.25) is 0 Å². The number of nitro benzene ring substituents is 1. The van der Waals surface area contributed by atoms with E-state index in [9.17, 15) is 14.9 Å². The minimum Gasteiger partial charge on any atom is -0.482 e. The predicted octanol–water partition coefficient (Wildman–Crippen LogP) is 4.50. The van der Waals surface area contributed by atoms with Crippen LogP contribution in [0.4, 0.5) is 5.69 Å². The second kappa shape index (κ2) is 9.93. The first-order valence-electron chi connectivity index (χ1n) is 10.5. The van der Waals surface area contributed by atoms with Gasteiger partial charge in [0.05, 0.1) is 9.80 Å². The van der Waals surface area contributed by atoms with Crippen molar-refractivity contribution in [3.05, 3.63) is 91.7 Å². The highest BCUT2D eigenvalue weighted by atomic mass is 32.1. The number of carbonyl (C=O) groups is 1. The van der Waals surface area contributed by atoms with Crippen molar-refractivity contribution >= 4 is 22.9 Å². The molecule has 0 radical (unpaired) electrons. The van der Waals surface area contributed by atoms with Gasteiger partial charge >= 0.3 is 5.69 Å². The first-order valence-corrected chi connectivity index (χ1v) is 11.4. The molecule has 0 bridgehead atoms. The standard InChI is InChI=1S/C24H25N3O4S/c1-18-6-2-3-7-20(18)15-25-10-12-26(13-11-25)24(28)23-14-19(17-32-23)16-31-22-9-5-4-8-21(22)27(29)30/h2-9,14,17H,10-13,15-16H2,1H3. The number of aryl methyl sites for hydroxylation is 1. The molecular weight excluding hydrogens is 426 g/mol. The maximum atomic E-state index is 12.9. The van der Waals surface area contributed by atoms with E-state index in [-0.39, 0.29) is 24.0 Å². The van der Waals surface area contributed by atoms with E-state index in [0.717, 1.165) is 25.2 Å². The molecule has 7 nitrogen and oxygen atoms in total. The summed E-state index contributed by atoms with van der Waals surface area (Å²) in [7, 11) is 0. The van der Waals surface area contributed by atoms with Gasteiger partial charge in [-0.05, 0) is 35.6 Å². The van der Waals surface area contributed by atoms with Gasteiger partial charge in [-0.2, -0.15) is 0 Å². The first kappa shape index (κ1) is 22.0. The number of piperazine rings is 1. The molecule has 3 aromatic rings. The molecule has 1 amide bonds. The molecule has 0 N–H and O–H groups in total. The fourth-order valence-electron chi connectivity index (χ4n) is 3.75. The minimum absolute atomic E-state index is 0.0301. The number of para-hydroxylation sites is 2. The van der Waals surface area contributed by atoms with Crippen LogP contribution in [0.25, 0.3) is 0 Å². The largest absolute Gasteiger partial charge is 0.482 e. The van der Waals surface area contributed by atoms with Gasteiger partial charge in [-0.15, -0.1) is 11.3 Å². The van der Waals surface area contributed by atoms with Crippen LogP contribution in [-0.2, 0) is 13.2 Å². The number of nitrogens with zero attached hydrogens (tertiary/aromatic N) is 3. The molecule has 2 aromatic carbocycles. The Balaban J connectivity index is 1.31. The molecule has 166 valence electrons. The molecule has 1 fully saturated rings. The molecule has 1 aromatic heterocycles. The lowest BCUT2D eigenvalue weighted by Crippen LogP contribution is -2.48. The zero-order chi connectivity index (χ0) is 22.5.